The first-order chi connectivity index (χ1) is 13.7. The second-order valence-electron chi connectivity index (χ2n) is 7.71. The lowest BCUT2D eigenvalue weighted by molar-refractivity contribution is 0.0931. The number of fused-ring (bicyclic) bond motifs is 2. The van der Waals surface area contributed by atoms with Gasteiger partial charge in [-0.2, -0.15) is 0 Å². The van der Waals surface area contributed by atoms with Crippen LogP contribution in [0.2, 0.25) is 0 Å². The van der Waals surface area contributed by atoms with E-state index < -0.39 is 0 Å². The minimum Gasteiger partial charge on any atom is -0.378 e. The third kappa shape index (κ3) is 3.94. The maximum absolute atomic E-state index is 12.6. The molecule has 0 radical (unpaired) electrons. The van der Waals surface area contributed by atoms with E-state index in [1.54, 1.807) is 23.1 Å². The Morgan fingerprint density at radius 1 is 1.21 bits per heavy atom. The SMILES string of the molecule is O=C(N[C@@H]1C[C@H]2CC[C@@H]1N2)c1ccc(Sc2cc(N3CCOCC3)cs2)cc1. The number of thiophene rings is 1. The standard InChI is InChI=1S/C21H25N3O2S2/c25-21(23-19-11-15-3-6-18(19)22-15)14-1-4-17(5-2-14)28-20-12-16(13-27-20)24-7-9-26-10-8-24/h1-2,4-5,12-13,15,18-19,22H,3,6-11H2,(H,23,25)/t15-,18+,19-/m1/s1. The first kappa shape index (κ1) is 18.5. The summed E-state index contributed by atoms with van der Waals surface area (Å²) in [7, 11) is 0. The average molecular weight is 416 g/mol. The molecule has 3 fully saturated rings. The highest BCUT2D eigenvalue weighted by molar-refractivity contribution is 8.01. The topological polar surface area (TPSA) is 53.6 Å². The van der Waals surface area contributed by atoms with Crippen LogP contribution in [0.25, 0.3) is 0 Å². The van der Waals surface area contributed by atoms with E-state index >= 15 is 0 Å². The Bertz CT molecular complexity index is 832. The van der Waals surface area contributed by atoms with Crippen molar-refractivity contribution in [2.24, 2.45) is 0 Å². The summed E-state index contributed by atoms with van der Waals surface area (Å²) < 4.78 is 6.70. The third-order valence-electron chi connectivity index (χ3n) is 5.89. The maximum atomic E-state index is 12.6. The van der Waals surface area contributed by atoms with Gasteiger partial charge < -0.3 is 20.3 Å². The van der Waals surface area contributed by atoms with Crippen molar-refractivity contribution in [2.45, 2.75) is 46.5 Å². The summed E-state index contributed by atoms with van der Waals surface area (Å²) >= 11 is 3.53. The molecule has 5 rings (SSSR count). The van der Waals surface area contributed by atoms with E-state index in [-0.39, 0.29) is 11.9 Å². The summed E-state index contributed by atoms with van der Waals surface area (Å²) in [5.41, 5.74) is 2.03. The van der Waals surface area contributed by atoms with Crippen molar-refractivity contribution < 1.29 is 9.53 Å². The van der Waals surface area contributed by atoms with E-state index in [0.717, 1.165) is 43.2 Å². The Morgan fingerprint density at radius 3 is 2.75 bits per heavy atom. The number of amides is 1. The van der Waals surface area contributed by atoms with E-state index in [0.29, 0.717) is 12.1 Å². The summed E-state index contributed by atoms with van der Waals surface area (Å²) in [4.78, 5) is 16.1. The number of carbonyl (C=O) groups is 1. The van der Waals surface area contributed by atoms with Gasteiger partial charge in [-0.1, -0.05) is 11.8 Å². The van der Waals surface area contributed by atoms with Gasteiger partial charge in [0.05, 0.1) is 17.4 Å². The lowest BCUT2D eigenvalue weighted by Gasteiger charge is -2.27. The van der Waals surface area contributed by atoms with Gasteiger partial charge in [0.25, 0.3) is 5.91 Å². The smallest absolute Gasteiger partial charge is 0.251 e. The van der Waals surface area contributed by atoms with Crippen molar-refractivity contribution in [2.75, 3.05) is 31.2 Å². The second kappa shape index (κ2) is 8.06. The molecule has 4 heterocycles. The zero-order valence-corrected chi connectivity index (χ0v) is 17.4. The van der Waals surface area contributed by atoms with Gasteiger partial charge in [0.2, 0.25) is 0 Å². The van der Waals surface area contributed by atoms with Gasteiger partial charge >= 0.3 is 0 Å². The molecule has 3 aliphatic rings. The Balaban J connectivity index is 1.18. The Hall–Kier alpha value is -1.54. The number of nitrogens with zero attached hydrogens (tertiary/aromatic N) is 1. The summed E-state index contributed by atoms with van der Waals surface area (Å²) in [6.07, 6.45) is 3.49. The fourth-order valence-electron chi connectivity index (χ4n) is 4.37. The lowest BCUT2D eigenvalue weighted by atomic mass is 9.95. The first-order valence-corrected chi connectivity index (χ1v) is 11.7. The van der Waals surface area contributed by atoms with Gasteiger partial charge in [-0.05, 0) is 49.6 Å². The van der Waals surface area contributed by atoms with Gasteiger partial charge in [0.1, 0.15) is 0 Å². The van der Waals surface area contributed by atoms with Gasteiger partial charge in [0, 0.05) is 52.7 Å². The fraction of sp³-hybridized carbons (Fsp3) is 0.476. The van der Waals surface area contributed by atoms with Gasteiger partial charge in [-0.15, -0.1) is 11.3 Å². The van der Waals surface area contributed by atoms with Crippen LogP contribution in [-0.2, 0) is 4.74 Å². The van der Waals surface area contributed by atoms with Crippen LogP contribution in [0.3, 0.4) is 0 Å². The molecular formula is C21H25N3O2S2. The molecule has 0 saturated carbocycles. The summed E-state index contributed by atoms with van der Waals surface area (Å²) in [6.45, 7) is 3.53. The molecule has 0 aliphatic carbocycles. The molecule has 0 spiro atoms. The Kier molecular flexibility index (Phi) is 5.32. The molecule has 3 saturated heterocycles. The summed E-state index contributed by atoms with van der Waals surface area (Å²) in [6, 6.07) is 11.6. The monoisotopic (exact) mass is 415 g/mol. The van der Waals surface area contributed by atoms with Crippen LogP contribution in [0.1, 0.15) is 29.6 Å². The van der Waals surface area contributed by atoms with E-state index in [1.165, 1.54) is 22.7 Å². The highest BCUT2D eigenvalue weighted by Gasteiger charge is 2.39. The normalized spacial score (nSPS) is 26.6. The number of nitrogens with one attached hydrogen (secondary N) is 2. The molecule has 2 aromatic rings. The number of hydrogen-bond acceptors (Lipinski definition) is 6. The molecule has 3 atom stereocenters. The molecular weight excluding hydrogens is 390 g/mol. The van der Waals surface area contributed by atoms with Crippen molar-refractivity contribution in [3.05, 3.63) is 41.3 Å². The predicted octanol–water partition coefficient (Wildman–Crippen LogP) is 3.36. The Morgan fingerprint density at radius 2 is 2.04 bits per heavy atom. The van der Waals surface area contributed by atoms with Crippen molar-refractivity contribution in [1.29, 1.82) is 0 Å². The molecule has 1 amide bonds. The molecule has 28 heavy (non-hydrogen) atoms. The molecule has 2 bridgehead atoms. The maximum Gasteiger partial charge on any atom is 0.251 e. The largest absolute Gasteiger partial charge is 0.378 e. The molecule has 7 heteroatoms. The van der Waals surface area contributed by atoms with Crippen LogP contribution in [-0.4, -0.2) is 50.3 Å². The number of anilines is 1. The van der Waals surface area contributed by atoms with E-state index in [9.17, 15) is 4.79 Å². The fourth-order valence-corrected chi connectivity index (χ4v) is 6.33. The summed E-state index contributed by atoms with van der Waals surface area (Å²) in [5.74, 6) is 0.0432. The van der Waals surface area contributed by atoms with Crippen LogP contribution < -0.4 is 15.5 Å². The quantitative estimate of drug-likeness (QED) is 0.784. The van der Waals surface area contributed by atoms with Crippen LogP contribution in [0.4, 0.5) is 5.69 Å². The number of rotatable bonds is 5. The van der Waals surface area contributed by atoms with Gasteiger partial charge in [-0.3, -0.25) is 4.79 Å². The molecule has 2 N–H and O–H groups in total. The molecule has 5 nitrogen and oxygen atoms in total. The summed E-state index contributed by atoms with van der Waals surface area (Å²) in [5, 5.41) is 9.00. The number of ether oxygens (including phenoxy) is 1. The minimum atomic E-state index is 0.0432. The van der Waals surface area contributed by atoms with Crippen molar-refractivity contribution in [3.63, 3.8) is 0 Å². The van der Waals surface area contributed by atoms with Gasteiger partial charge in [0.15, 0.2) is 0 Å². The number of morpholine rings is 1. The zero-order chi connectivity index (χ0) is 18.9. The van der Waals surface area contributed by atoms with Crippen LogP contribution in [0, 0.1) is 0 Å². The van der Waals surface area contributed by atoms with E-state index in [1.807, 2.05) is 24.3 Å². The second-order valence-corrected chi connectivity index (χ2v) is 10.00. The minimum absolute atomic E-state index is 0.0432. The Labute approximate surface area is 173 Å². The van der Waals surface area contributed by atoms with E-state index in [4.69, 9.17) is 4.74 Å². The van der Waals surface area contributed by atoms with Crippen molar-refractivity contribution >= 4 is 34.7 Å². The molecule has 0 unspecified atom stereocenters. The molecule has 148 valence electrons. The highest BCUT2D eigenvalue weighted by atomic mass is 32.2. The molecule has 1 aromatic heterocycles. The molecule has 3 aliphatic heterocycles. The van der Waals surface area contributed by atoms with Gasteiger partial charge in [-0.25, -0.2) is 0 Å². The van der Waals surface area contributed by atoms with Crippen LogP contribution >= 0.6 is 23.1 Å². The molecule has 1 aromatic carbocycles. The van der Waals surface area contributed by atoms with Crippen molar-refractivity contribution in [1.82, 2.24) is 10.6 Å². The van der Waals surface area contributed by atoms with Crippen molar-refractivity contribution in [3.8, 4) is 0 Å². The average Bonchev–Trinajstić information content (AvgIpc) is 3.46. The van der Waals surface area contributed by atoms with E-state index in [2.05, 4.69) is 27.0 Å². The van der Waals surface area contributed by atoms with Crippen LogP contribution in [0.15, 0.2) is 44.8 Å². The third-order valence-corrected chi connectivity index (χ3v) is 7.96. The first-order valence-electron chi connectivity index (χ1n) is 10.0. The number of benzene rings is 1. The predicted molar refractivity (Wildman–Crippen MR) is 114 cm³/mol. The lowest BCUT2D eigenvalue weighted by Crippen LogP contribution is -2.42. The van der Waals surface area contributed by atoms with Crippen LogP contribution in [0.5, 0.6) is 0 Å². The zero-order valence-electron chi connectivity index (χ0n) is 15.7. The highest BCUT2D eigenvalue weighted by Crippen LogP contribution is 2.36. The number of carbonyl (C=O) groups excluding carboxylic acids is 1. The number of hydrogen-bond donors (Lipinski definition) is 2.